The van der Waals surface area contributed by atoms with E-state index in [1.807, 2.05) is 67.6 Å². The average Bonchev–Trinajstić information content (AvgIpc) is 3.13. The molecule has 0 saturated carbocycles. The molecule has 0 bridgehead atoms. The Hall–Kier alpha value is -3.16. The summed E-state index contributed by atoms with van der Waals surface area (Å²) < 4.78 is 33.6. The first-order chi connectivity index (χ1) is 17.4. The maximum absolute atomic E-state index is 13.9. The summed E-state index contributed by atoms with van der Waals surface area (Å²) in [6.07, 6.45) is 1.66. The third-order valence-corrected chi connectivity index (χ3v) is 8.98. The molecule has 0 radical (unpaired) electrons. The van der Waals surface area contributed by atoms with Crippen LogP contribution in [-0.4, -0.2) is 49.3 Å². The van der Waals surface area contributed by atoms with Crippen LogP contribution in [0.15, 0.2) is 95.9 Å². The minimum absolute atomic E-state index is 0.164. The lowest BCUT2D eigenvalue weighted by Crippen LogP contribution is -2.44. The predicted molar refractivity (Wildman–Crippen MR) is 141 cm³/mol. The van der Waals surface area contributed by atoms with Gasteiger partial charge in [0.25, 0.3) is 0 Å². The average molecular weight is 507 g/mol. The minimum Gasteiger partial charge on any atom is -0.377 e. The lowest BCUT2D eigenvalue weighted by molar-refractivity contribution is 0.115. The number of urea groups is 1. The Morgan fingerprint density at radius 3 is 2.08 bits per heavy atom. The van der Waals surface area contributed by atoms with Crippen LogP contribution in [0.5, 0.6) is 0 Å². The van der Waals surface area contributed by atoms with E-state index >= 15 is 0 Å². The maximum Gasteiger partial charge on any atom is 0.321 e. The van der Waals surface area contributed by atoms with Crippen LogP contribution in [0.4, 0.5) is 4.79 Å². The third-order valence-electron chi connectivity index (χ3n) is 6.87. The molecule has 1 heterocycles. The van der Waals surface area contributed by atoms with Crippen molar-refractivity contribution in [1.82, 2.24) is 9.80 Å². The fraction of sp³-hybridized carbons (Fsp3) is 0.345. The zero-order valence-electron chi connectivity index (χ0n) is 20.9. The van der Waals surface area contributed by atoms with Crippen LogP contribution in [-0.2, 0) is 21.2 Å². The van der Waals surface area contributed by atoms with Gasteiger partial charge in [-0.1, -0.05) is 78.9 Å². The summed E-state index contributed by atoms with van der Waals surface area (Å²) in [6, 6.07) is 27.3. The van der Waals surface area contributed by atoms with E-state index in [9.17, 15) is 13.2 Å². The van der Waals surface area contributed by atoms with Crippen molar-refractivity contribution in [1.29, 1.82) is 0 Å². The van der Waals surface area contributed by atoms with E-state index in [1.54, 1.807) is 47.2 Å². The van der Waals surface area contributed by atoms with Crippen molar-refractivity contribution in [3.05, 3.63) is 102 Å². The Balaban J connectivity index is 1.55. The highest BCUT2D eigenvalue weighted by Gasteiger charge is 2.49. The summed E-state index contributed by atoms with van der Waals surface area (Å²) >= 11 is 0. The van der Waals surface area contributed by atoms with E-state index in [0.29, 0.717) is 32.5 Å². The van der Waals surface area contributed by atoms with Crippen molar-refractivity contribution in [3.8, 4) is 0 Å². The molecular formula is C29H34N2O4S. The van der Waals surface area contributed by atoms with Gasteiger partial charge in [-0.25, -0.2) is 13.2 Å². The molecule has 0 N–H and O–H groups in total. The second kappa shape index (κ2) is 11.7. The molecule has 4 rings (SSSR count). The molecular weight excluding hydrogens is 472 g/mol. The largest absolute Gasteiger partial charge is 0.377 e. The summed E-state index contributed by atoms with van der Waals surface area (Å²) in [5.74, 6) is 0. The Bertz CT molecular complexity index is 1220. The highest BCUT2D eigenvalue weighted by atomic mass is 32.2. The number of sulfone groups is 1. The third kappa shape index (κ3) is 5.63. The predicted octanol–water partition coefficient (Wildman–Crippen LogP) is 5.67. The molecule has 0 aromatic heterocycles. The van der Waals surface area contributed by atoms with E-state index < -0.39 is 15.2 Å². The van der Waals surface area contributed by atoms with E-state index in [1.165, 1.54) is 0 Å². The Labute approximate surface area is 214 Å². The zero-order valence-corrected chi connectivity index (χ0v) is 21.7. The Morgan fingerprint density at radius 1 is 0.861 bits per heavy atom. The fourth-order valence-electron chi connectivity index (χ4n) is 4.81. The van der Waals surface area contributed by atoms with E-state index in [0.717, 1.165) is 11.1 Å². The van der Waals surface area contributed by atoms with Crippen molar-refractivity contribution in [2.24, 2.45) is 0 Å². The molecule has 3 aromatic carbocycles. The number of carbonyl (C=O) groups excluding carboxylic acids is 1. The number of hydrogen-bond donors (Lipinski definition) is 0. The van der Waals surface area contributed by atoms with E-state index in [2.05, 4.69) is 0 Å². The van der Waals surface area contributed by atoms with Crippen molar-refractivity contribution >= 4 is 15.9 Å². The normalized spacial score (nSPS) is 19.0. The number of rotatable bonds is 11. The van der Waals surface area contributed by atoms with Gasteiger partial charge in [0, 0.05) is 13.7 Å². The monoisotopic (exact) mass is 506 g/mol. The molecule has 190 valence electrons. The molecule has 3 atom stereocenters. The van der Waals surface area contributed by atoms with Crippen LogP contribution >= 0.6 is 0 Å². The Kier molecular flexibility index (Phi) is 8.44. The van der Waals surface area contributed by atoms with Gasteiger partial charge in [0.05, 0.1) is 23.6 Å². The molecule has 1 aliphatic heterocycles. The molecule has 7 heteroatoms. The van der Waals surface area contributed by atoms with Crippen LogP contribution in [0.1, 0.15) is 43.4 Å². The van der Waals surface area contributed by atoms with Gasteiger partial charge in [-0.15, -0.1) is 0 Å². The van der Waals surface area contributed by atoms with E-state index in [4.69, 9.17) is 4.74 Å². The van der Waals surface area contributed by atoms with Gasteiger partial charge in [-0.3, -0.25) is 4.90 Å². The highest BCUT2D eigenvalue weighted by Crippen LogP contribution is 2.39. The molecule has 6 nitrogen and oxygen atoms in total. The topological polar surface area (TPSA) is 66.9 Å². The number of amides is 2. The molecule has 0 spiro atoms. The minimum atomic E-state index is -3.80. The van der Waals surface area contributed by atoms with Crippen molar-refractivity contribution in [2.75, 3.05) is 13.7 Å². The summed E-state index contributed by atoms with van der Waals surface area (Å²) in [4.78, 5) is 16.9. The number of hydrogen-bond acceptors (Lipinski definition) is 4. The SMILES string of the molecule is C[C@H]1[C@@H](c2ccccc2)N([C@H](CCCCOCc2ccccc2)S(=O)(=O)c2ccccc2)C(=O)N1C. The number of ether oxygens (including phenoxy) is 1. The second-order valence-corrected chi connectivity index (χ2v) is 11.3. The van der Waals surface area contributed by atoms with Crippen LogP contribution in [0.2, 0.25) is 0 Å². The Morgan fingerprint density at radius 2 is 1.44 bits per heavy atom. The maximum atomic E-state index is 13.9. The number of unbranched alkanes of at least 4 members (excludes halogenated alkanes) is 1. The number of likely N-dealkylation sites (N-methyl/N-ethyl adjacent to an activating group) is 1. The van der Waals surface area contributed by atoms with Gasteiger partial charge in [-0.2, -0.15) is 0 Å². The van der Waals surface area contributed by atoms with Crippen molar-refractivity contribution in [2.45, 2.75) is 55.1 Å². The van der Waals surface area contributed by atoms with Crippen LogP contribution in [0.25, 0.3) is 0 Å². The molecule has 1 aliphatic rings. The van der Waals surface area contributed by atoms with Crippen LogP contribution in [0.3, 0.4) is 0 Å². The second-order valence-electron chi connectivity index (χ2n) is 9.24. The molecule has 1 fully saturated rings. The molecule has 0 unspecified atom stereocenters. The summed E-state index contributed by atoms with van der Waals surface area (Å²) in [5.41, 5.74) is 2.04. The standard InChI is InChI=1S/C29H34N2O4S/c1-23-28(25-16-8-4-9-17-25)31(29(32)30(23)2)27(36(33,34)26-18-10-5-11-19-26)20-12-13-21-35-22-24-14-6-3-7-15-24/h3-11,14-19,23,27-28H,12-13,20-22H2,1-2H3/t23-,27-,28-/m0/s1. The summed E-state index contributed by atoms with van der Waals surface area (Å²) in [6.45, 7) is 3.02. The van der Waals surface area contributed by atoms with Gasteiger partial charge in [0.1, 0.15) is 5.37 Å². The molecule has 2 amide bonds. The van der Waals surface area contributed by atoms with Crippen molar-refractivity contribution in [3.63, 3.8) is 0 Å². The highest BCUT2D eigenvalue weighted by molar-refractivity contribution is 7.92. The number of nitrogens with zero attached hydrogens (tertiary/aromatic N) is 2. The number of benzene rings is 3. The lowest BCUT2D eigenvalue weighted by Gasteiger charge is -2.33. The quantitative estimate of drug-likeness (QED) is 0.314. The molecule has 3 aromatic rings. The van der Waals surface area contributed by atoms with E-state index in [-0.39, 0.29) is 23.0 Å². The molecule has 1 saturated heterocycles. The number of carbonyl (C=O) groups is 1. The first kappa shape index (κ1) is 25.9. The van der Waals surface area contributed by atoms with Gasteiger partial charge >= 0.3 is 6.03 Å². The van der Waals surface area contributed by atoms with Crippen LogP contribution in [0, 0.1) is 0 Å². The first-order valence-electron chi connectivity index (χ1n) is 12.4. The smallest absolute Gasteiger partial charge is 0.321 e. The van der Waals surface area contributed by atoms with Crippen LogP contribution < -0.4 is 0 Å². The lowest BCUT2D eigenvalue weighted by atomic mass is 10.00. The fourth-order valence-corrected chi connectivity index (χ4v) is 6.66. The van der Waals surface area contributed by atoms with Gasteiger partial charge in [-0.05, 0) is 49.4 Å². The molecule has 0 aliphatic carbocycles. The van der Waals surface area contributed by atoms with Crippen molar-refractivity contribution < 1.29 is 17.9 Å². The first-order valence-corrected chi connectivity index (χ1v) is 14.0. The van der Waals surface area contributed by atoms with Gasteiger partial charge in [0.15, 0.2) is 9.84 Å². The summed E-state index contributed by atoms with van der Waals surface area (Å²) in [5, 5.41) is -0.973. The van der Waals surface area contributed by atoms with Gasteiger partial charge < -0.3 is 9.64 Å². The molecule has 36 heavy (non-hydrogen) atoms. The zero-order chi connectivity index (χ0) is 25.5. The van der Waals surface area contributed by atoms with Gasteiger partial charge in [0.2, 0.25) is 0 Å². The summed E-state index contributed by atoms with van der Waals surface area (Å²) in [7, 11) is -2.06.